The fourth-order valence-electron chi connectivity index (χ4n) is 0.947. The average Bonchev–Trinajstić information content (AvgIpc) is 2.02. The number of Topliss-reactive ketones (excluding diaryl/α,β-unsaturated/α-hetero) is 1. The normalized spacial score (nSPS) is 9.93. The first kappa shape index (κ1) is 11.4. The summed E-state index contributed by atoms with van der Waals surface area (Å²) in [5.74, 6) is -0.214. The number of ketones is 1. The maximum atomic E-state index is 11.1. The van der Waals surface area contributed by atoms with Gasteiger partial charge in [0.25, 0.3) is 5.69 Å². The molecule has 0 saturated carbocycles. The lowest BCUT2D eigenvalue weighted by atomic mass is 10.1. The van der Waals surface area contributed by atoms with Crippen molar-refractivity contribution in [2.24, 2.45) is 0 Å². The van der Waals surface area contributed by atoms with Gasteiger partial charge in [0.1, 0.15) is 5.02 Å². The summed E-state index contributed by atoms with van der Waals surface area (Å²) in [4.78, 5) is 21.0. The number of carbonyl (C=O) groups is 1. The minimum atomic E-state index is -0.606. The molecule has 0 spiro atoms. The SMILES string of the molecule is CC(=O)c1cc([N+](=O)[O-])c(Cl)cc1I. The number of nitro benzene ring substituents is 1. The smallest absolute Gasteiger partial charge is 0.288 e. The second kappa shape index (κ2) is 4.22. The number of halogens is 2. The molecule has 0 aliphatic carbocycles. The Balaban J connectivity index is 3.42. The van der Waals surface area contributed by atoms with Crippen LogP contribution in [0.5, 0.6) is 0 Å². The molecule has 14 heavy (non-hydrogen) atoms. The van der Waals surface area contributed by atoms with Crippen LogP contribution in [0.2, 0.25) is 5.02 Å². The van der Waals surface area contributed by atoms with E-state index in [9.17, 15) is 14.9 Å². The first-order valence-electron chi connectivity index (χ1n) is 3.58. The van der Waals surface area contributed by atoms with Crippen molar-refractivity contribution in [3.05, 3.63) is 36.4 Å². The predicted molar refractivity (Wildman–Crippen MR) is 60.8 cm³/mol. The molecule has 1 aromatic carbocycles. The van der Waals surface area contributed by atoms with Gasteiger partial charge in [-0.25, -0.2) is 0 Å². The number of rotatable bonds is 2. The van der Waals surface area contributed by atoms with Gasteiger partial charge in [-0.1, -0.05) is 11.6 Å². The quantitative estimate of drug-likeness (QED) is 0.363. The topological polar surface area (TPSA) is 60.2 Å². The summed E-state index contributed by atoms with van der Waals surface area (Å²) < 4.78 is 0.616. The molecule has 1 rings (SSSR count). The molecule has 0 aliphatic heterocycles. The molecule has 4 nitrogen and oxygen atoms in total. The summed E-state index contributed by atoms with van der Waals surface area (Å²) in [7, 11) is 0. The van der Waals surface area contributed by atoms with E-state index in [2.05, 4.69) is 0 Å². The highest BCUT2D eigenvalue weighted by Crippen LogP contribution is 2.29. The Morgan fingerprint density at radius 2 is 2.14 bits per heavy atom. The van der Waals surface area contributed by atoms with Crippen molar-refractivity contribution in [3.63, 3.8) is 0 Å². The fraction of sp³-hybridized carbons (Fsp3) is 0.125. The predicted octanol–water partition coefficient (Wildman–Crippen LogP) is 3.06. The van der Waals surface area contributed by atoms with E-state index < -0.39 is 4.92 Å². The molecule has 1 aromatic rings. The Labute approximate surface area is 98.5 Å². The van der Waals surface area contributed by atoms with Crippen LogP contribution in [0.25, 0.3) is 0 Å². The lowest BCUT2D eigenvalue weighted by Crippen LogP contribution is -1.99. The third kappa shape index (κ3) is 2.21. The number of nitro groups is 1. The second-order valence-electron chi connectivity index (χ2n) is 2.60. The highest BCUT2D eigenvalue weighted by molar-refractivity contribution is 14.1. The van der Waals surface area contributed by atoms with Crippen LogP contribution in [0.4, 0.5) is 5.69 Å². The van der Waals surface area contributed by atoms with Gasteiger partial charge in [0, 0.05) is 15.2 Å². The van der Waals surface area contributed by atoms with Crippen molar-refractivity contribution >= 4 is 45.7 Å². The lowest BCUT2D eigenvalue weighted by Gasteiger charge is -2.01. The molecular formula is C8H5ClINO3. The molecule has 0 aromatic heterocycles. The van der Waals surface area contributed by atoms with Crippen LogP contribution in [-0.4, -0.2) is 10.7 Å². The summed E-state index contributed by atoms with van der Waals surface area (Å²) in [6, 6.07) is 2.61. The third-order valence-corrected chi connectivity index (χ3v) is 2.81. The van der Waals surface area contributed by atoms with Crippen molar-refractivity contribution in [2.75, 3.05) is 0 Å². The van der Waals surface area contributed by atoms with Crippen LogP contribution < -0.4 is 0 Å². The molecular weight excluding hydrogens is 320 g/mol. The second-order valence-corrected chi connectivity index (χ2v) is 4.17. The molecule has 0 aliphatic rings. The zero-order valence-corrected chi connectivity index (χ0v) is 10.00. The van der Waals surface area contributed by atoms with Gasteiger partial charge >= 0.3 is 0 Å². The average molecular weight is 325 g/mol. The number of carbonyl (C=O) groups excluding carboxylic acids is 1. The van der Waals surface area contributed by atoms with Crippen molar-refractivity contribution in [1.29, 1.82) is 0 Å². The summed E-state index contributed by atoms with van der Waals surface area (Å²) >= 11 is 7.56. The van der Waals surface area contributed by atoms with Gasteiger partial charge in [-0.05, 0) is 35.6 Å². The maximum Gasteiger partial charge on any atom is 0.288 e. The van der Waals surface area contributed by atoms with Crippen LogP contribution in [0.15, 0.2) is 12.1 Å². The summed E-state index contributed by atoms with van der Waals surface area (Å²) in [6.45, 7) is 1.36. The van der Waals surface area contributed by atoms with Gasteiger partial charge in [0.05, 0.1) is 4.92 Å². The molecule has 0 amide bonds. The Kier molecular flexibility index (Phi) is 3.43. The number of benzene rings is 1. The van der Waals surface area contributed by atoms with E-state index >= 15 is 0 Å². The van der Waals surface area contributed by atoms with E-state index in [1.165, 1.54) is 19.1 Å². The van der Waals surface area contributed by atoms with E-state index in [4.69, 9.17) is 11.6 Å². The van der Waals surface area contributed by atoms with Crippen LogP contribution in [0.3, 0.4) is 0 Å². The van der Waals surface area contributed by atoms with E-state index in [0.29, 0.717) is 9.13 Å². The molecule has 0 fully saturated rings. The Morgan fingerprint density at radius 3 is 2.57 bits per heavy atom. The molecule has 74 valence electrons. The number of nitrogens with zero attached hydrogens (tertiary/aromatic N) is 1. The fourth-order valence-corrected chi connectivity index (χ4v) is 2.21. The summed E-state index contributed by atoms with van der Waals surface area (Å²) in [5.41, 5.74) is 0.0824. The van der Waals surface area contributed by atoms with Crippen molar-refractivity contribution in [2.45, 2.75) is 6.92 Å². The van der Waals surface area contributed by atoms with E-state index in [1.54, 1.807) is 0 Å². The highest BCUT2D eigenvalue weighted by Gasteiger charge is 2.17. The molecule has 0 atom stereocenters. The van der Waals surface area contributed by atoms with E-state index in [0.717, 1.165) is 0 Å². The maximum absolute atomic E-state index is 11.1. The van der Waals surface area contributed by atoms with E-state index in [-0.39, 0.29) is 16.5 Å². The Morgan fingerprint density at radius 1 is 1.57 bits per heavy atom. The van der Waals surface area contributed by atoms with Gasteiger partial charge in [0.2, 0.25) is 0 Å². The zero-order chi connectivity index (χ0) is 10.9. The minimum absolute atomic E-state index is 0.0457. The Hall–Kier alpha value is -0.690. The first-order chi connectivity index (χ1) is 6.43. The third-order valence-electron chi connectivity index (χ3n) is 1.61. The Bertz CT molecular complexity index is 384. The van der Waals surface area contributed by atoms with Crippen LogP contribution >= 0.6 is 34.2 Å². The van der Waals surface area contributed by atoms with Gasteiger partial charge in [-0.3, -0.25) is 14.9 Å². The molecule has 6 heteroatoms. The lowest BCUT2D eigenvalue weighted by molar-refractivity contribution is -0.384. The van der Waals surface area contributed by atoms with Crippen molar-refractivity contribution in [1.82, 2.24) is 0 Å². The number of hydrogen-bond donors (Lipinski definition) is 0. The summed E-state index contributed by atoms with van der Waals surface area (Å²) in [5, 5.41) is 10.6. The molecule has 0 saturated heterocycles. The van der Waals surface area contributed by atoms with Gasteiger partial charge in [-0.2, -0.15) is 0 Å². The van der Waals surface area contributed by atoms with Crippen LogP contribution in [0, 0.1) is 13.7 Å². The van der Waals surface area contributed by atoms with Crippen LogP contribution in [0.1, 0.15) is 17.3 Å². The van der Waals surface area contributed by atoms with Gasteiger partial charge in [-0.15, -0.1) is 0 Å². The zero-order valence-electron chi connectivity index (χ0n) is 7.08. The van der Waals surface area contributed by atoms with Gasteiger partial charge in [0.15, 0.2) is 5.78 Å². The molecule has 0 bridgehead atoms. The molecule has 0 radical (unpaired) electrons. The van der Waals surface area contributed by atoms with Crippen LogP contribution in [-0.2, 0) is 0 Å². The monoisotopic (exact) mass is 325 g/mol. The first-order valence-corrected chi connectivity index (χ1v) is 5.03. The van der Waals surface area contributed by atoms with E-state index in [1.807, 2.05) is 22.6 Å². The largest absolute Gasteiger partial charge is 0.294 e. The standard InChI is InChI=1S/C8H5ClINO3/c1-4(12)5-2-8(11(13)14)6(9)3-7(5)10/h2-3H,1H3. The molecule has 0 N–H and O–H groups in total. The van der Waals surface area contributed by atoms with Crippen molar-refractivity contribution < 1.29 is 9.72 Å². The highest BCUT2D eigenvalue weighted by atomic mass is 127. The van der Waals surface area contributed by atoms with Gasteiger partial charge < -0.3 is 0 Å². The van der Waals surface area contributed by atoms with Crippen molar-refractivity contribution in [3.8, 4) is 0 Å². The number of hydrogen-bond acceptors (Lipinski definition) is 3. The minimum Gasteiger partial charge on any atom is -0.294 e. The summed E-state index contributed by atoms with van der Waals surface area (Å²) in [6.07, 6.45) is 0. The molecule has 0 heterocycles. The molecule has 0 unspecified atom stereocenters.